The number of hydrogen-bond acceptors (Lipinski definition) is 7. The average Bonchev–Trinajstić information content (AvgIpc) is 2.91. The Morgan fingerprint density at radius 3 is 2.45 bits per heavy atom. The lowest BCUT2D eigenvalue weighted by Crippen LogP contribution is -2.39. The van der Waals surface area contributed by atoms with E-state index in [4.69, 9.17) is 14.2 Å². The number of hydrazone groups is 1. The SMILES string of the molecule is C=CCOc1ccc(/C=N/NC(=O)CN(c2ccccc2OC)S(=O)(=O)c2ccc(C)cc2)cc1OCC. The highest BCUT2D eigenvalue weighted by Gasteiger charge is 2.29. The van der Waals surface area contributed by atoms with Gasteiger partial charge in [0.25, 0.3) is 15.9 Å². The van der Waals surface area contributed by atoms with E-state index in [1.165, 1.54) is 25.5 Å². The minimum absolute atomic E-state index is 0.0486. The van der Waals surface area contributed by atoms with Crippen LogP contribution in [0.5, 0.6) is 17.2 Å². The van der Waals surface area contributed by atoms with Gasteiger partial charge in [-0.05, 0) is 61.9 Å². The molecule has 0 aliphatic carbocycles. The smallest absolute Gasteiger partial charge is 0.264 e. The van der Waals surface area contributed by atoms with Gasteiger partial charge in [0, 0.05) is 0 Å². The van der Waals surface area contributed by atoms with Gasteiger partial charge in [-0.2, -0.15) is 5.10 Å². The van der Waals surface area contributed by atoms with Gasteiger partial charge >= 0.3 is 0 Å². The van der Waals surface area contributed by atoms with Crippen molar-refractivity contribution in [2.75, 3.05) is 31.2 Å². The molecule has 0 aliphatic rings. The Morgan fingerprint density at radius 2 is 1.76 bits per heavy atom. The van der Waals surface area contributed by atoms with Crippen LogP contribution >= 0.6 is 0 Å². The van der Waals surface area contributed by atoms with E-state index in [0.29, 0.717) is 36.0 Å². The minimum atomic E-state index is -4.10. The van der Waals surface area contributed by atoms with Crippen molar-refractivity contribution in [2.45, 2.75) is 18.7 Å². The Labute approximate surface area is 223 Å². The van der Waals surface area contributed by atoms with Crippen molar-refractivity contribution in [1.82, 2.24) is 5.43 Å². The highest BCUT2D eigenvalue weighted by molar-refractivity contribution is 7.92. The normalized spacial score (nSPS) is 11.1. The monoisotopic (exact) mass is 537 g/mol. The largest absolute Gasteiger partial charge is 0.495 e. The summed E-state index contributed by atoms with van der Waals surface area (Å²) in [5.41, 5.74) is 4.18. The molecule has 0 bridgehead atoms. The van der Waals surface area contributed by atoms with Gasteiger partial charge in [0.05, 0.1) is 30.5 Å². The van der Waals surface area contributed by atoms with E-state index in [1.807, 2.05) is 13.8 Å². The number of anilines is 1. The Kier molecular flexibility index (Phi) is 9.89. The van der Waals surface area contributed by atoms with Crippen molar-refractivity contribution in [3.63, 3.8) is 0 Å². The summed E-state index contributed by atoms with van der Waals surface area (Å²) in [7, 11) is -2.66. The van der Waals surface area contributed by atoms with Crippen LogP contribution in [-0.2, 0) is 14.8 Å². The number of methoxy groups -OCH3 is 1. The molecule has 1 amide bonds. The number of nitrogens with one attached hydrogen (secondary N) is 1. The molecule has 3 rings (SSSR count). The third-order valence-corrected chi connectivity index (χ3v) is 7.05. The lowest BCUT2D eigenvalue weighted by molar-refractivity contribution is -0.119. The molecule has 3 aromatic rings. The fraction of sp³-hybridized carbons (Fsp3) is 0.214. The van der Waals surface area contributed by atoms with E-state index in [1.54, 1.807) is 60.7 Å². The Balaban J connectivity index is 1.82. The fourth-order valence-corrected chi connectivity index (χ4v) is 4.89. The van der Waals surface area contributed by atoms with Gasteiger partial charge in [0.2, 0.25) is 0 Å². The average molecular weight is 538 g/mol. The first-order valence-electron chi connectivity index (χ1n) is 11.8. The van der Waals surface area contributed by atoms with Crippen LogP contribution in [0.2, 0.25) is 0 Å². The number of amides is 1. The summed E-state index contributed by atoms with van der Waals surface area (Å²) in [5.74, 6) is 0.748. The molecule has 10 heteroatoms. The van der Waals surface area contributed by atoms with Gasteiger partial charge in [0.1, 0.15) is 18.9 Å². The predicted molar refractivity (Wildman–Crippen MR) is 148 cm³/mol. The van der Waals surface area contributed by atoms with Gasteiger partial charge in [-0.1, -0.05) is 42.5 Å². The van der Waals surface area contributed by atoms with Crippen LogP contribution in [0.15, 0.2) is 89.4 Å². The number of carbonyl (C=O) groups is 1. The summed E-state index contributed by atoms with van der Waals surface area (Å²) in [6.45, 7) is 7.60. The predicted octanol–water partition coefficient (Wildman–Crippen LogP) is 4.31. The first-order valence-corrected chi connectivity index (χ1v) is 13.3. The van der Waals surface area contributed by atoms with Gasteiger partial charge < -0.3 is 14.2 Å². The third kappa shape index (κ3) is 7.13. The molecule has 0 fully saturated rings. The van der Waals surface area contributed by atoms with Crippen molar-refractivity contribution in [1.29, 1.82) is 0 Å². The summed E-state index contributed by atoms with van der Waals surface area (Å²) in [6.07, 6.45) is 3.06. The zero-order valence-electron chi connectivity index (χ0n) is 21.6. The quantitative estimate of drug-likeness (QED) is 0.198. The van der Waals surface area contributed by atoms with Crippen molar-refractivity contribution < 1.29 is 27.4 Å². The molecule has 0 saturated heterocycles. The number of para-hydroxylation sites is 2. The molecule has 9 nitrogen and oxygen atoms in total. The van der Waals surface area contributed by atoms with E-state index in [-0.39, 0.29) is 10.6 Å². The highest BCUT2D eigenvalue weighted by atomic mass is 32.2. The van der Waals surface area contributed by atoms with Crippen LogP contribution in [0.1, 0.15) is 18.1 Å². The molecule has 0 aromatic heterocycles. The van der Waals surface area contributed by atoms with Crippen molar-refractivity contribution in [3.8, 4) is 17.2 Å². The van der Waals surface area contributed by atoms with Gasteiger partial charge in [0.15, 0.2) is 11.5 Å². The maximum atomic E-state index is 13.6. The van der Waals surface area contributed by atoms with Crippen LogP contribution in [0.4, 0.5) is 5.69 Å². The van der Waals surface area contributed by atoms with Crippen molar-refractivity contribution >= 4 is 27.8 Å². The van der Waals surface area contributed by atoms with Gasteiger partial charge in [-0.15, -0.1) is 0 Å². The number of aryl methyl sites for hydroxylation is 1. The van der Waals surface area contributed by atoms with E-state index < -0.39 is 22.5 Å². The molecule has 0 saturated carbocycles. The number of carbonyl (C=O) groups excluding carboxylic acids is 1. The van der Waals surface area contributed by atoms with E-state index in [0.717, 1.165) is 9.87 Å². The summed E-state index contributed by atoms with van der Waals surface area (Å²) in [4.78, 5) is 12.9. The summed E-state index contributed by atoms with van der Waals surface area (Å²) >= 11 is 0. The third-order valence-electron chi connectivity index (χ3n) is 5.28. The number of nitrogens with zero attached hydrogens (tertiary/aromatic N) is 2. The second kappa shape index (κ2) is 13.3. The fourth-order valence-electron chi connectivity index (χ4n) is 3.46. The molecule has 0 spiro atoms. The van der Waals surface area contributed by atoms with Crippen molar-refractivity contribution in [3.05, 3.63) is 90.5 Å². The van der Waals surface area contributed by atoms with Crippen LogP contribution in [0, 0.1) is 6.92 Å². The summed E-state index contributed by atoms with van der Waals surface area (Å²) < 4.78 is 44.7. The maximum Gasteiger partial charge on any atom is 0.264 e. The number of benzene rings is 3. The minimum Gasteiger partial charge on any atom is -0.495 e. The van der Waals surface area contributed by atoms with Gasteiger partial charge in [-0.3, -0.25) is 9.10 Å². The number of hydrogen-bond donors (Lipinski definition) is 1. The van der Waals surface area contributed by atoms with Gasteiger partial charge in [-0.25, -0.2) is 13.8 Å². The van der Waals surface area contributed by atoms with E-state index in [9.17, 15) is 13.2 Å². The summed E-state index contributed by atoms with van der Waals surface area (Å²) in [6, 6.07) is 18.2. The molecule has 38 heavy (non-hydrogen) atoms. The molecular formula is C28H31N3O6S. The number of sulfonamides is 1. The lowest BCUT2D eigenvalue weighted by Gasteiger charge is -2.25. The van der Waals surface area contributed by atoms with Crippen LogP contribution in [0.3, 0.4) is 0 Å². The Hall–Kier alpha value is -4.31. The second-order valence-electron chi connectivity index (χ2n) is 8.03. The Morgan fingerprint density at radius 1 is 1.03 bits per heavy atom. The topological polar surface area (TPSA) is 107 Å². The molecule has 3 aromatic carbocycles. The lowest BCUT2D eigenvalue weighted by atomic mass is 10.2. The first-order chi connectivity index (χ1) is 18.3. The van der Waals surface area contributed by atoms with E-state index in [2.05, 4.69) is 17.1 Å². The van der Waals surface area contributed by atoms with Crippen LogP contribution < -0.4 is 23.9 Å². The van der Waals surface area contributed by atoms with Crippen molar-refractivity contribution in [2.24, 2.45) is 5.10 Å². The molecular weight excluding hydrogens is 506 g/mol. The number of rotatable bonds is 13. The van der Waals surface area contributed by atoms with E-state index >= 15 is 0 Å². The number of ether oxygens (including phenoxy) is 3. The maximum absolute atomic E-state index is 13.6. The zero-order chi connectivity index (χ0) is 27.5. The molecule has 0 aliphatic heterocycles. The standard InChI is InChI=1S/C28H31N3O6S/c1-5-17-37-26-16-13-22(18-27(26)36-6-2)19-29-30-28(32)20-31(24-9-7-8-10-25(24)35-4)38(33,34)23-14-11-21(3)12-15-23/h5,7-16,18-19H,1,6,17,20H2,2-4H3,(H,30,32)/b29-19+. The van der Waals surface area contributed by atoms with Crippen LogP contribution in [0.25, 0.3) is 0 Å². The second-order valence-corrected chi connectivity index (χ2v) is 9.89. The molecule has 0 heterocycles. The first kappa shape index (κ1) is 28.3. The van der Waals surface area contributed by atoms with Crippen LogP contribution in [-0.4, -0.2) is 47.4 Å². The molecule has 0 radical (unpaired) electrons. The highest BCUT2D eigenvalue weighted by Crippen LogP contribution is 2.32. The summed E-state index contributed by atoms with van der Waals surface area (Å²) in [5, 5.41) is 4.00. The molecule has 0 atom stereocenters. The zero-order valence-corrected chi connectivity index (χ0v) is 22.4. The Bertz CT molecular complexity index is 1390. The molecule has 200 valence electrons. The molecule has 1 N–H and O–H groups in total. The molecule has 0 unspecified atom stereocenters.